The summed E-state index contributed by atoms with van der Waals surface area (Å²) in [4.78, 5) is 13.8. The van der Waals surface area contributed by atoms with Gasteiger partial charge in [0.05, 0.1) is 18.2 Å². The summed E-state index contributed by atoms with van der Waals surface area (Å²) in [5.74, 6) is 0.149. The van der Waals surface area contributed by atoms with E-state index in [4.69, 9.17) is 5.73 Å². The number of amides is 1. The van der Waals surface area contributed by atoms with E-state index >= 15 is 0 Å². The van der Waals surface area contributed by atoms with E-state index in [2.05, 4.69) is 0 Å². The minimum atomic E-state index is -0.445. The summed E-state index contributed by atoms with van der Waals surface area (Å²) in [5.41, 5.74) is 5.95. The lowest BCUT2D eigenvalue weighted by molar-refractivity contribution is -0.138. The maximum absolute atomic E-state index is 12.2. The largest absolute Gasteiger partial charge is 0.391 e. The first-order valence-electron chi connectivity index (χ1n) is 6.69. The van der Waals surface area contributed by atoms with Crippen molar-refractivity contribution in [3.05, 3.63) is 0 Å². The molecule has 1 saturated carbocycles. The predicted octanol–water partition coefficient (Wildman–Crippen LogP) is 1.12. The summed E-state index contributed by atoms with van der Waals surface area (Å²) >= 11 is 0. The predicted molar refractivity (Wildman–Crippen MR) is 68.5 cm³/mol. The van der Waals surface area contributed by atoms with E-state index in [1.54, 1.807) is 11.9 Å². The topological polar surface area (TPSA) is 66.6 Å². The monoisotopic (exact) mass is 242 g/mol. The summed E-state index contributed by atoms with van der Waals surface area (Å²) in [7, 11) is 1.77. The number of nitrogens with two attached hydrogens (primary N) is 1. The maximum Gasteiger partial charge on any atom is 0.239 e. The molecule has 1 aliphatic carbocycles. The smallest absolute Gasteiger partial charge is 0.239 e. The molecule has 1 aliphatic rings. The fraction of sp³-hybridized carbons (Fsp3) is 0.923. The van der Waals surface area contributed by atoms with Crippen molar-refractivity contribution in [3.8, 4) is 0 Å². The Labute approximate surface area is 104 Å². The van der Waals surface area contributed by atoms with Gasteiger partial charge in [0.2, 0.25) is 5.91 Å². The van der Waals surface area contributed by atoms with E-state index in [1.807, 2.05) is 13.8 Å². The van der Waals surface area contributed by atoms with Crippen LogP contribution < -0.4 is 5.73 Å². The zero-order chi connectivity index (χ0) is 13.0. The van der Waals surface area contributed by atoms with E-state index in [-0.39, 0.29) is 24.0 Å². The van der Waals surface area contributed by atoms with Crippen LogP contribution in [0, 0.1) is 5.92 Å². The van der Waals surface area contributed by atoms with E-state index < -0.39 is 6.04 Å². The van der Waals surface area contributed by atoms with Crippen LogP contribution in [0.2, 0.25) is 0 Å². The molecule has 0 heterocycles. The van der Waals surface area contributed by atoms with Crippen molar-refractivity contribution in [1.82, 2.24) is 4.90 Å². The minimum Gasteiger partial charge on any atom is -0.391 e. The van der Waals surface area contributed by atoms with E-state index in [0.29, 0.717) is 0 Å². The standard InChI is InChI=1S/C13H26N2O2/c1-4-9(2)12(14)13(17)15(3)10-7-5-6-8-11(10)16/h9-12,16H,4-8,14H2,1-3H3. The van der Waals surface area contributed by atoms with Crippen LogP contribution in [0.4, 0.5) is 0 Å². The van der Waals surface area contributed by atoms with Gasteiger partial charge >= 0.3 is 0 Å². The molecule has 4 nitrogen and oxygen atoms in total. The Bertz CT molecular complexity index is 258. The van der Waals surface area contributed by atoms with Gasteiger partial charge in [-0.05, 0) is 18.8 Å². The lowest BCUT2D eigenvalue weighted by Gasteiger charge is -2.37. The lowest BCUT2D eigenvalue weighted by Crippen LogP contribution is -2.53. The molecule has 17 heavy (non-hydrogen) atoms. The molecule has 0 saturated heterocycles. The Morgan fingerprint density at radius 1 is 1.47 bits per heavy atom. The SMILES string of the molecule is CCC(C)C(N)C(=O)N(C)C1CCCCC1O. The summed E-state index contributed by atoms with van der Waals surface area (Å²) in [6, 6.07) is -0.495. The zero-order valence-electron chi connectivity index (χ0n) is 11.2. The zero-order valence-corrected chi connectivity index (χ0v) is 11.2. The number of hydrogen-bond acceptors (Lipinski definition) is 3. The Kier molecular flexibility index (Phi) is 5.40. The molecule has 4 heteroatoms. The molecule has 0 radical (unpaired) electrons. The molecule has 0 aromatic heterocycles. The first kappa shape index (κ1) is 14.5. The number of hydrogen-bond donors (Lipinski definition) is 2. The Balaban J connectivity index is 2.61. The minimum absolute atomic E-state index is 0.0368. The average Bonchev–Trinajstić information content (AvgIpc) is 2.35. The summed E-state index contributed by atoms with van der Waals surface area (Å²) in [6.45, 7) is 4.03. The van der Waals surface area contributed by atoms with Gasteiger partial charge in [0.25, 0.3) is 0 Å². The fourth-order valence-electron chi connectivity index (χ4n) is 2.44. The molecule has 4 unspecified atom stereocenters. The summed E-state index contributed by atoms with van der Waals surface area (Å²) in [5, 5.41) is 9.93. The van der Waals surface area contributed by atoms with Crippen molar-refractivity contribution in [3.63, 3.8) is 0 Å². The number of carbonyl (C=O) groups excluding carboxylic acids is 1. The van der Waals surface area contributed by atoms with Gasteiger partial charge in [-0.25, -0.2) is 0 Å². The van der Waals surface area contributed by atoms with E-state index in [9.17, 15) is 9.90 Å². The van der Waals surface area contributed by atoms with Crippen molar-refractivity contribution in [2.24, 2.45) is 11.7 Å². The molecule has 0 aliphatic heterocycles. The van der Waals surface area contributed by atoms with Crippen LogP contribution in [-0.4, -0.2) is 41.1 Å². The Morgan fingerprint density at radius 3 is 2.59 bits per heavy atom. The summed E-state index contributed by atoms with van der Waals surface area (Å²) < 4.78 is 0. The third kappa shape index (κ3) is 3.42. The number of nitrogens with zero attached hydrogens (tertiary/aromatic N) is 1. The number of rotatable bonds is 4. The van der Waals surface area contributed by atoms with Gasteiger partial charge in [-0.1, -0.05) is 33.1 Å². The Hall–Kier alpha value is -0.610. The van der Waals surface area contributed by atoms with Crippen LogP contribution in [0.5, 0.6) is 0 Å². The third-order valence-corrected chi connectivity index (χ3v) is 4.08. The highest BCUT2D eigenvalue weighted by Gasteiger charge is 2.32. The van der Waals surface area contributed by atoms with Crippen LogP contribution in [0.15, 0.2) is 0 Å². The van der Waals surface area contributed by atoms with Crippen molar-refractivity contribution >= 4 is 5.91 Å². The molecule has 4 atom stereocenters. The molecule has 0 bridgehead atoms. The lowest BCUT2D eigenvalue weighted by atomic mass is 9.90. The van der Waals surface area contributed by atoms with E-state index in [0.717, 1.165) is 32.1 Å². The van der Waals surface area contributed by atoms with Gasteiger partial charge in [0.15, 0.2) is 0 Å². The molecular weight excluding hydrogens is 216 g/mol. The average molecular weight is 242 g/mol. The van der Waals surface area contributed by atoms with E-state index in [1.165, 1.54) is 0 Å². The molecule has 3 N–H and O–H groups in total. The number of aliphatic hydroxyl groups is 1. The summed E-state index contributed by atoms with van der Waals surface area (Å²) in [6.07, 6.45) is 4.32. The molecule has 1 fully saturated rings. The van der Waals surface area contributed by atoms with Gasteiger partial charge in [0, 0.05) is 7.05 Å². The van der Waals surface area contributed by atoms with Gasteiger partial charge in [-0.2, -0.15) is 0 Å². The highest BCUT2D eigenvalue weighted by Crippen LogP contribution is 2.23. The molecule has 0 aromatic rings. The van der Waals surface area contributed by atoms with Gasteiger partial charge in [-0.3, -0.25) is 4.79 Å². The highest BCUT2D eigenvalue weighted by atomic mass is 16.3. The second-order valence-corrected chi connectivity index (χ2v) is 5.28. The molecule has 100 valence electrons. The van der Waals surface area contributed by atoms with Crippen molar-refractivity contribution in [2.75, 3.05) is 7.05 Å². The molecule has 0 spiro atoms. The maximum atomic E-state index is 12.2. The van der Waals surface area contributed by atoms with Gasteiger partial charge in [0.1, 0.15) is 0 Å². The van der Waals surface area contributed by atoms with Crippen molar-refractivity contribution in [1.29, 1.82) is 0 Å². The highest BCUT2D eigenvalue weighted by molar-refractivity contribution is 5.82. The molecule has 1 amide bonds. The van der Waals surface area contributed by atoms with Crippen molar-refractivity contribution in [2.45, 2.75) is 64.1 Å². The fourth-order valence-corrected chi connectivity index (χ4v) is 2.44. The quantitative estimate of drug-likeness (QED) is 0.776. The van der Waals surface area contributed by atoms with Crippen LogP contribution in [-0.2, 0) is 4.79 Å². The first-order chi connectivity index (χ1) is 7.99. The first-order valence-corrected chi connectivity index (χ1v) is 6.69. The Morgan fingerprint density at radius 2 is 2.06 bits per heavy atom. The number of aliphatic hydroxyl groups excluding tert-OH is 1. The normalized spacial score (nSPS) is 28.5. The molecule has 1 rings (SSSR count). The van der Waals surface area contributed by atoms with Gasteiger partial charge in [-0.15, -0.1) is 0 Å². The number of carbonyl (C=O) groups is 1. The molecule has 0 aromatic carbocycles. The van der Waals surface area contributed by atoms with Crippen molar-refractivity contribution < 1.29 is 9.90 Å². The second kappa shape index (κ2) is 6.36. The third-order valence-electron chi connectivity index (χ3n) is 4.08. The molecular formula is C13H26N2O2. The van der Waals surface area contributed by atoms with Crippen LogP contribution >= 0.6 is 0 Å². The second-order valence-electron chi connectivity index (χ2n) is 5.28. The van der Waals surface area contributed by atoms with Crippen LogP contribution in [0.1, 0.15) is 46.0 Å². The van der Waals surface area contributed by atoms with Crippen LogP contribution in [0.3, 0.4) is 0 Å². The van der Waals surface area contributed by atoms with Gasteiger partial charge < -0.3 is 15.7 Å². The van der Waals surface area contributed by atoms with Crippen LogP contribution in [0.25, 0.3) is 0 Å². The number of likely N-dealkylation sites (N-methyl/N-ethyl adjacent to an activating group) is 1.